The Kier molecular flexibility index (Phi) is 3.89. The standard InChI is InChI=1S/C14H11FN6S/c15-9-2-1-3-18-12(9)8-6-10(8)20-14(22)21-13-11(7-16)17-4-5-19-13/h1-5,8,10H,6H2,(H2,19,20,21,22). The van der Waals surface area contributed by atoms with Gasteiger partial charge in [0.1, 0.15) is 11.9 Å². The maximum absolute atomic E-state index is 13.6. The average molecular weight is 314 g/mol. The Balaban J connectivity index is 1.60. The zero-order chi connectivity index (χ0) is 15.5. The first-order chi connectivity index (χ1) is 10.7. The Hall–Kier alpha value is -2.66. The van der Waals surface area contributed by atoms with E-state index in [4.69, 9.17) is 17.5 Å². The zero-order valence-electron chi connectivity index (χ0n) is 11.3. The summed E-state index contributed by atoms with van der Waals surface area (Å²) in [4.78, 5) is 12.0. The van der Waals surface area contributed by atoms with Crippen molar-refractivity contribution in [3.8, 4) is 6.07 Å². The van der Waals surface area contributed by atoms with Crippen LogP contribution in [0.15, 0.2) is 30.7 Å². The summed E-state index contributed by atoms with van der Waals surface area (Å²) in [6.45, 7) is 0. The SMILES string of the molecule is N#Cc1nccnc1NC(=S)NC1CC1c1ncccc1F. The molecule has 0 bridgehead atoms. The number of anilines is 1. The highest BCUT2D eigenvalue weighted by Gasteiger charge is 2.41. The van der Waals surface area contributed by atoms with E-state index >= 15 is 0 Å². The van der Waals surface area contributed by atoms with Gasteiger partial charge in [-0.05, 0) is 30.8 Å². The fraction of sp³-hybridized carbons (Fsp3) is 0.214. The van der Waals surface area contributed by atoms with E-state index in [9.17, 15) is 4.39 Å². The summed E-state index contributed by atoms with van der Waals surface area (Å²) in [5, 5.41) is 15.2. The molecule has 0 saturated heterocycles. The second-order valence-corrected chi connectivity index (χ2v) is 5.19. The number of nitrogens with one attached hydrogen (secondary N) is 2. The lowest BCUT2D eigenvalue weighted by Gasteiger charge is -2.10. The molecule has 2 atom stereocenters. The number of nitriles is 1. The van der Waals surface area contributed by atoms with Crippen LogP contribution in [0, 0.1) is 17.1 Å². The summed E-state index contributed by atoms with van der Waals surface area (Å²) in [6.07, 6.45) is 5.22. The lowest BCUT2D eigenvalue weighted by atomic mass is 10.2. The lowest BCUT2D eigenvalue weighted by molar-refractivity contribution is 0.597. The van der Waals surface area contributed by atoms with Crippen molar-refractivity contribution in [3.05, 3.63) is 47.9 Å². The van der Waals surface area contributed by atoms with Crippen molar-refractivity contribution in [3.63, 3.8) is 0 Å². The van der Waals surface area contributed by atoms with Gasteiger partial charge in [-0.25, -0.2) is 14.4 Å². The highest BCUT2D eigenvalue weighted by Crippen LogP contribution is 2.40. The Labute approximate surface area is 131 Å². The number of thiocarbonyl (C=S) groups is 1. The molecule has 3 rings (SSSR count). The van der Waals surface area contributed by atoms with E-state index in [1.54, 1.807) is 12.3 Å². The van der Waals surface area contributed by atoms with Crippen molar-refractivity contribution >= 4 is 23.1 Å². The average Bonchev–Trinajstić information content (AvgIpc) is 3.27. The van der Waals surface area contributed by atoms with Crippen LogP contribution in [0.4, 0.5) is 10.2 Å². The van der Waals surface area contributed by atoms with Gasteiger partial charge >= 0.3 is 0 Å². The third kappa shape index (κ3) is 2.99. The molecule has 1 saturated carbocycles. The van der Waals surface area contributed by atoms with Gasteiger partial charge in [0.2, 0.25) is 0 Å². The Morgan fingerprint density at radius 1 is 1.32 bits per heavy atom. The van der Waals surface area contributed by atoms with Gasteiger partial charge in [0.15, 0.2) is 16.6 Å². The van der Waals surface area contributed by atoms with Gasteiger partial charge in [-0.3, -0.25) is 4.98 Å². The molecular weight excluding hydrogens is 303 g/mol. The second-order valence-electron chi connectivity index (χ2n) is 4.78. The monoisotopic (exact) mass is 314 g/mol. The minimum atomic E-state index is -0.309. The van der Waals surface area contributed by atoms with Gasteiger partial charge in [0.25, 0.3) is 0 Å². The van der Waals surface area contributed by atoms with Crippen LogP contribution in [0.25, 0.3) is 0 Å². The number of rotatable bonds is 3. The number of pyridine rings is 1. The van der Waals surface area contributed by atoms with Crippen LogP contribution < -0.4 is 10.6 Å². The maximum atomic E-state index is 13.6. The maximum Gasteiger partial charge on any atom is 0.183 e. The molecule has 2 heterocycles. The lowest BCUT2D eigenvalue weighted by Crippen LogP contribution is -2.31. The van der Waals surface area contributed by atoms with E-state index in [0.29, 0.717) is 16.6 Å². The number of aromatic nitrogens is 3. The van der Waals surface area contributed by atoms with Crippen LogP contribution in [-0.2, 0) is 0 Å². The molecule has 2 unspecified atom stereocenters. The molecule has 0 spiro atoms. The first kappa shape index (κ1) is 14.3. The molecule has 8 heteroatoms. The van der Waals surface area contributed by atoms with E-state index in [1.807, 2.05) is 6.07 Å². The number of halogens is 1. The van der Waals surface area contributed by atoms with Gasteiger partial charge in [0.05, 0.1) is 5.69 Å². The minimum Gasteiger partial charge on any atom is -0.359 e. The van der Waals surface area contributed by atoms with E-state index < -0.39 is 0 Å². The van der Waals surface area contributed by atoms with Gasteiger partial charge in [0, 0.05) is 30.6 Å². The van der Waals surface area contributed by atoms with Gasteiger partial charge in [-0.2, -0.15) is 5.26 Å². The van der Waals surface area contributed by atoms with Gasteiger partial charge < -0.3 is 10.6 Å². The number of hydrogen-bond donors (Lipinski definition) is 2. The molecule has 1 aliphatic rings. The van der Waals surface area contributed by atoms with Crippen molar-refractivity contribution in [2.24, 2.45) is 0 Å². The predicted molar refractivity (Wildman–Crippen MR) is 81.4 cm³/mol. The Morgan fingerprint density at radius 3 is 2.91 bits per heavy atom. The van der Waals surface area contributed by atoms with Crippen molar-refractivity contribution in [2.75, 3.05) is 5.32 Å². The van der Waals surface area contributed by atoms with Crippen LogP contribution in [-0.4, -0.2) is 26.1 Å². The van der Waals surface area contributed by atoms with E-state index in [0.717, 1.165) is 6.42 Å². The molecule has 2 aromatic heterocycles. The quantitative estimate of drug-likeness (QED) is 0.834. The highest BCUT2D eigenvalue weighted by atomic mass is 32.1. The van der Waals surface area contributed by atoms with Crippen molar-refractivity contribution in [2.45, 2.75) is 18.4 Å². The summed E-state index contributed by atoms with van der Waals surface area (Å²) in [6, 6.07) is 4.91. The van der Waals surface area contributed by atoms with Crippen molar-refractivity contribution < 1.29 is 4.39 Å². The van der Waals surface area contributed by atoms with Crippen molar-refractivity contribution in [1.29, 1.82) is 5.26 Å². The fourth-order valence-electron chi connectivity index (χ4n) is 2.15. The molecule has 0 aromatic carbocycles. The second kappa shape index (κ2) is 5.99. The molecule has 22 heavy (non-hydrogen) atoms. The molecule has 1 aliphatic carbocycles. The van der Waals surface area contributed by atoms with Gasteiger partial charge in [-0.15, -0.1) is 0 Å². The van der Waals surface area contributed by atoms with Crippen LogP contribution in [0.1, 0.15) is 23.7 Å². The molecule has 110 valence electrons. The molecule has 2 N–H and O–H groups in total. The van der Waals surface area contributed by atoms with Crippen LogP contribution >= 0.6 is 12.2 Å². The number of hydrogen-bond acceptors (Lipinski definition) is 5. The molecule has 1 fully saturated rings. The van der Waals surface area contributed by atoms with E-state index in [-0.39, 0.29) is 23.5 Å². The van der Waals surface area contributed by atoms with E-state index in [2.05, 4.69) is 25.6 Å². The smallest absolute Gasteiger partial charge is 0.183 e. The predicted octanol–water partition coefficient (Wildman–Crippen LogP) is 1.72. The highest BCUT2D eigenvalue weighted by molar-refractivity contribution is 7.80. The first-order valence-corrected chi connectivity index (χ1v) is 6.99. The van der Waals surface area contributed by atoms with Crippen LogP contribution in [0.3, 0.4) is 0 Å². The summed E-state index contributed by atoms with van der Waals surface area (Å²) in [7, 11) is 0. The summed E-state index contributed by atoms with van der Waals surface area (Å²) in [5.41, 5.74) is 0.606. The largest absolute Gasteiger partial charge is 0.359 e. The topological polar surface area (TPSA) is 86.5 Å². The molecule has 2 aromatic rings. The molecular formula is C14H11FN6S. The van der Waals surface area contributed by atoms with Crippen LogP contribution in [0.5, 0.6) is 0 Å². The van der Waals surface area contributed by atoms with Crippen molar-refractivity contribution in [1.82, 2.24) is 20.3 Å². The fourth-order valence-corrected chi connectivity index (χ4v) is 2.40. The molecule has 0 amide bonds. The summed E-state index contributed by atoms with van der Waals surface area (Å²) >= 11 is 5.18. The minimum absolute atomic E-state index is 0.00163. The Morgan fingerprint density at radius 2 is 2.14 bits per heavy atom. The molecule has 0 radical (unpaired) electrons. The third-order valence-corrected chi connectivity index (χ3v) is 3.50. The van der Waals surface area contributed by atoms with Gasteiger partial charge in [-0.1, -0.05) is 0 Å². The third-order valence-electron chi connectivity index (χ3n) is 3.28. The summed E-state index contributed by atoms with van der Waals surface area (Å²) in [5.74, 6) is -0.0154. The molecule has 6 nitrogen and oxygen atoms in total. The van der Waals surface area contributed by atoms with E-state index in [1.165, 1.54) is 18.5 Å². The van der Waals surface area contributed by atoms with Crippen LogP contribution in [0.2, 0.25) is 0 Å². The normalized spacial score (nSPS) is 19.1. The molecule has 0 aliphatic heterocycles. The number of nitrogens with zero attached hydrogens (tertiary/aromatic N) is 4. The summed E-state index contributed by atoms with van der Waals surface area (Å²) < 4.78 is 13.6. The zero-order valence-corrected chi connectivity index (χ0v) is 12.1. The Bertz CT molecular complexity index is 759. The first-order valence-electron chi connectivity index (χ1n) is 6.58.